The molecule has 2 radical (unpaired) electrons. The van der Waals surface area contributed by atoms with Crippen LogP contribution in [0, 0.1) is 7.05 Å². The van der Waals surface area contributed by atoms with Gasteiger partial charge in [-0.25, -0.2) is 4.98 Å². The fraction of sp³-hybridized carbons (Fsp3) is 0.200. The van der Waals surface area contributed by atoms with Crippen molar-refractivity contribution in [2.24, 2.45) is 0 Å². The van der Waals surface area contributed by atoms with Crippen molar-refractivity contribution in [1.29, 1.82) is 0 Å². The van der Waals surface area contributed by atoms with Crippen LogP contribution in [0.3, 0.4) is 0 Å². The Morgan fingerprint density at radius 3 is 2.92 bits per heavy atom. The van der Waals surface area contributed by atoms with Crippen molar-refractivity contribution in [2.45, 2.75) is 13.3 Å². The minimum absolute atomic E-state index is 0.649. The van der Waals surface area contributed by atoms with E-state index in [-0.39, 0.29) is 0 Å². The highest BCUT2D eigenvalue weighted by molar-refractivity contribution is 6.34. The maximum atomic E-state index is 5.97. The monoisotopic (exact) mass is 192 g/mol. The van der Waals surface area contributed by atoms with Crippen LogP contribution in [0.25, 0.3) is 11.0 Å². The van der Waals surface area contributed by atoms with E-state index in [9.17, 15) is 0 Å². The average molecular weight is 193 g/mol. The first-order valence-corrected chi connectivity index (χ1v) is 4.52. The van der Waals surface area contributed by atoms with Gasteiger partial charge in [0.15, 0.2) is 0 Å². The Bertz CT molecular complexity index is 445. The van der Waals surface area contributed by atoms with Gasteiger partial charge in [-0.05, 0) is 12.1 Å². The molecule has 0 amide bonds. The average Bonchev–Trinajstić information content (AvgIpc) is 2.45. The van der Waals surface area contributed by atoms with Crippen LogP contribution in [-0.4, -0.2) is 9.55 Å². The number of para-hydroxylation sites is 1. The number of halogens is 1. The minimum atomic E-state index is 0.649. The fourth-order valence-electron chi connectivity index (χ4n) is 1.38. The lowest BCUT2D eigenvalue weighted by molar-refractivity contribution is 0.907. The van der Waals surface area contributed by atoms with E-state index in [1.165, 1.54) is 0 Å². The second-order valence-electron chi connectivity index (χ2n) is 2.86. The molecule has 13 heavy (non-hydrogen) atoms. The Labute approximate surface area is 82.1 Å². The standard InChI is InChI=1S/C10H9ClN2/c1-3-9-12-10-7(11)5-4-6-8(10)13(9)2/h2,4-6H,3H2,1H3. The SMILES string of the molecule is [CH]n1c(CC)nc2c(Cl)cccc21. The first kappa shape index (κ1) is 8.57. The summed E-state index contributed by atoms with van der Waals surface area (Å²) in [4.78, 5) is 4.34. The van der Waals surface area contributed by atoms with E-state index in [1.54, 1.807) is 4.57 Å². The summed E-state index contributed by atoms with van der Waals surface area (Å²) in [7, 11) is 5.81. The highest BCUT2D eigenvalue weighted by Crippen LogP contribution is 2.23. The molecular formula is C10H9ClN2. The van der Waals surface area contributed by atoms with Gasteiger partial charge in [-0.15, -0.1) is 0 Å². The predicted octanol–water partition coefficient (Wildman–Crippen LogP) is 2.77. The van der Waals surface area contributed by atoms with Gasteiger partial charge in [0.1, 0.15) is 11.3 Å². The van der Waals surface area contributed by atoms with Crippen LogP contribution in [0.1, 0.15) is 12.7 Å². The summed E-state index contributed by atoms with van der Waals surface area (Å²) in [6, 6.07) is 5.60. The molecule has 3 heteroatoms. The molecule has 0 aliphatic heterocycles. The summed E-state index contributed by atoms with van der Waals surface area (Å²) >= 11 is 5.97. The van der Waals surface area contributed by atoms with E-state index in [0.29, 0.717) is 5.02 Å². The van der Waals surface area contributed by atoms with Crippen LogP contribution in [-0.2, 0) is 6.42 Å². The number of rotatable bonds is 1. The van der Waals surface area contributed by atoms with Crippen molar-refractivity contribution in [3.63, 3.8) is 0 Å². The molecule has 2 rings (SSSR count). The molecule has 66 valence electrons. The summed E-state index contributed by atoms with van der Waals surface area (Å²) in [5.74, 6) is 0.850. The summed E-state index contributed by atoms with van der Waals surface area (Å²) in [6.07, 6.45) is 0.807. The van der Waals surface area contributed by atoms with Gasteiger partial charge in [-0.1, -0.05) is 24.6 Å². The number of nitrogens with zero attached hydrogens (tertiary/aromatic N) is 2. The zero-order valence-corrected chi connectivity index (χ0v) is 8.04. The molecule has 0 unspecified atom stereocenters. The van der Waals surface area contributed by atoms with Crippen molar-refractivity contribution < 1.29 is 0 Å². The first-order valence-electron chi connectivity index (χ1n) is 4.15. The number of aromatic nitrogens is 2. The van der Waals surface area contributed by atoms with Crippen molar-refractivity contribution in [1.82, 2.24) is 9.55 Å². The van der Waals surface area contributed by atoms with Gasteiger partial charge in [-0.3, -0.25) is 0 Å². The molecule has 0 spiro atoms. The molecule has 0 saturated heterocycles. The summed E-state index contributed by atoms with van der Waals surface area (Å²) in [5.41, 5.74) is 1.66. The second kappa shape index (κ2) is 3.04. The third-order valence-electron chi connectivity index (χ3n) is 2.06. The number of imidazole rings is 1. The summed E-state index contributed by atoms with van der Waals surface area (Å²) in [6.45, 7) is 2.01. The lowest BCUT2D eigenvalue weighted by Crippen LogP contribution is -1.92. The van der Waals surface area contributed by atoms with E-state index < -0.39 is 0 Å². The number of fused-ring (bicyclic) bond motifs is 1. The van der Waals surface area contributed by atoms with Crippen LogP contribution < -0.4 is 0 Å². The zero-order chi connectivity index (χ0) is 9.42. The molecule has 0 fully saturated rings. The normalized spacial score (nSPS) is 11.0. The maximum Gasteiger partial charge on any atom is 0.110 e. The minimum Gasteiger partial charge on any atom is -0.320 e. The zero-order valence-electron chi connectivity index (χ0n) is 7.29. The van der Waals surface area contributed by atoms with Crippen LogP contribution in [0.15, 0.2) is 18.2 Å². The Hall–Kier alpha value is -1.02. The van der Waals surface area contributed by atoms with Gasteiger partial charge in [0.2, 0.25) is 0 Å². The second-order valence-corrected chi connectivity index (χ2v) is 3.27. The Balaban J connectivity index is 2.83. The summed E-state index contributed by atoms with van der Waals surface area (Å²) < 4.78 is 1.58. The van der Waals surface area contributed by atoms with E-state index >= 15 is 0 Å². The molecule has 2 aromatic rings. The topological polar surface area (TPSA) is 17.8 Å². The van der Waals surface area contributed by atoms with Gasteiger partial charge in [0, 0.05) is 6.42 Å². The molecule has 1 aromatic heterocycles. The van der Waals surface area contributed by atoms with E-state index in [1.807, 2.05) is 25.1 Å². The summed E-state index contributed by atoms with van der Waals surface area (Å²) in [5, 5.41) is 0.649. The molecule has 0 aliphatic rings. The van der Waals surface area contributed by atoms with Crippen molar-refractivity contribution in [3.8, 4) is 0 Å². The van der Waals surface area contributed by atoms with Crippen LogP contribution in [0.2, 0.25) is 5.02 Å². The lowest BCUT2D eigenvalue weighted by Gasteiger charge is -1.96. The number of hydrogen-bond donors (Lipinski definition) is 0. The van der Waals surface area contributed by atoms with Gasteiger partial charge < -0.3 is 4.57 Å². The van der Waals surface area contributed by atoms with Crippen molar-refractivity contribution in [2.75, 3.05) is 0 Å². The molecule has 2 nitrogen and oxygen atoms in total. The molecule has 0 bridgehead atoms. The Kier molecular flexibility index (Phi) is 2.00. The number of hydrogen-bond acceptors (Lipinski definition) is 1. The number of benzene rings is 1. The fourth-order valence-corrected chi connectivity index (χ4v) is 1.59. The highest BCUT2D eigenvalue weighted by Gasteiger charge is 2.07. The van der Waals surface area contributed by atoms with E-state index in [4.69, 9.17) is 18.6 Å². The van der Waals surface area contributed by atoms with E-state index in [2.05, 4.69) is 4.98 Å². The van der Waals surface area contributed by atoms with Gasteiger partial charge in [-0.2, -0.15) is 0 Å². The lowest BCUT2D eigenvalue weighted by atomic mass is 10.3. The number of aryl methyl sites for hydroxylation is 1. The largest absolute Gasteiger partial charge is 0.320 e. The van der Waals surface area contributed by atoms with Gasteiger partial charge >= 0.3 is 0 Å². The van der Waals surface area contributed by atoms with Crippen LogP contribution >= 0.6 is 11.6 Å². The van der Waals surface area contributed by atoms with Gasteiger partial charge in [0.25, 0.3) is 0 Å². The quantitative estimate of drug-likeness (QED) is 0.680. The van der Waals surface area contributed by atoms with Crippen LogP contribution in [0.4, 0.5) is 0 Å². The van der Waals surface area contributed by atoms with E-state index in [0.717, 1.165) is 23.3 Å². The maximum absolute atomic E-state index is 5.97. The molecule has 0 saturated carbocycles. The Morgan fingerprint density at radius 1 is 1.54 bits per heavy atom. The van der Waals surface area contributed by atoms with Crippen molar-refractivity contribution >= 4 is 22.6 Å². The third kappa shape index (κ3) is 1.22. The van der Waals surface area contributed by atoms with Gasteiger partial charge in [0.05, 0.1) is 17.6 Å². The molecule has 0 atom stereocenters. The molecule has 1 aromatic carbocycles. The van der Waals surface area contributed by atoms with Crippen LogP contribution in [0.5, 0.6) is 0 Å². The Morgan fingerprint density at radius 2 is 2.31 bits per heavy atom. The predicted molar refractivity (Wildman–Crippen MR) is 53.8 cm³/mol. The highest BCUT2D eigenvalue weighted by atomic mass is 35.5. The molecule has 1 heterocycles. The van der Waals surface area contributed by atoms with Crippen molar-refractivity contribution in [3.05, 3.63) is 36.1 Å². The smallest absolute Gasteiger partial charge is 0.110 e. The first-order chi connectivity index (χ1) is 6.24. The molecule has 0 aliphatic carbocycles. The third-order valence-corrected chi connectivity index (χ3v) is 2.37. The molecule has 0 N–H and O–H groups in total. The molecular weight excluding hydrogens is 184 g/mol.